The van der Waals surface area contributed by atoms with Crippen LogP contribution in [-0.2, 0) is 9.87 Å². The quantitative estimate of drug-likeness (QED) is 0.343. The summed E-state index contributed by atoms with van der Waals surface area (Å²) in [5, 5.41) is 0. The summed E-state index contributed by atoms with van der Waals surface area (Å²) in [6, 6.07) is 0. The Bertz CT molecular complexity index is 83.6. The third kappa shape index (κ3) is 25.4. The molecule has 0 amide bonds. The highest BCUT2D eigenvalue weighted by Gasteiger charge is 1.12. The first-order valence-electron chi connectivity index (χ1n) is 1.24. The Hall–Kier alpha value is 0.450. The highest BCUT2D eigenvalue weighted by atomic mass is 32.5. The van der Waals surface area contributed by atoms with Gasteiger partial charge in [0.1, 0.15) is 0 Å². The molecule has 0 spiro atoms. The maximum atomic E-state index is 6.25. The molecule has 0 aromatic heterocycles. The molecule has 0 aliphatic carbocycles. The van der Waals surface area contributed by atoms with E-state index in [1.54, 1.807) is 0 Å². The number of rotatable bonds is 0. The largest absolute Gasteiger partial charge is 0.447 e. The molecule has 0 atom stereocenters. The first-order chi connectivity index (χ1) is 2.27. The van der Waals surface area contributed by atoms with Crippen molar-refractivity contribution in [2.24, 2.45) is 0 Å². The van der Waals surface area contributed by atoms with E-state index in [-0.39, 0.29) is 9.87 Å². The SMILES string of the molecule is [2H]N=[S-](C)=P. The zero-order valence-electron chi connectivity index (χ0n) is 3.36. The van der Waals surface area contributed by atoms with Crippen molar-refractivity contribution in [3.8, 4) is 0 Å². The van der Waals surface area contributed by atoms with E-state index in [9.17, 15) is 0 Å². The van der Waals surface area contributed by atoms with Gasteiger partial charge in [-0.05, 0) is 0 Å². The number of nitrogens with one attached hydrogen (secondary N) is 1. The van der Waals surface area contributed by atoms with Gasteiger partial charge in [-0.3, -0.25) is 8.02 Å². The third-order valence-corrected chi connectivity index (χ3v) is 0. The fourth-order valence-corrected chi connectivity index (χ4v) is 0. The van der Waals surface area contributed by atoms with Crippen LogP contribution < -0.4 is 0 Å². The van der Waals surface area contributed by atoms with Crippen LogP contribution in [0.15, 0.2) is 0 Å². The molecule has 0 fully saturated rings. The van der Waals surface area contributed by atoms with E-state index < -0.39 is 0 Å². The predicted molar refractivity (Wildman–Crippen MR) is 24.3 cm³/mol. The lowest BCUT2D eigenvalue weighted by Crippen LogP contribution is -1.40. The van der Waals surface area contributed by atoms with Gasteiger partial charge in [0.15, 0.2) is 1.41 Å². The van der Waals surface area contributed by atoms with Crippen molar-refractivity contribution in [1.29, 1.82) is 4.77 Å². The average molecular weight is 95.1 g/mol. The van der Waals surface area contributed by atoms with Gasteiger partial charge in [-0.15, -0.1) is 6.26 Å². The van der Waals surface area contributed by atoms with E-state index >= 15 is 0 Å². The molecule has 4 heavy (non-hydrogen) atoms. The van der Waals surface area contributed by atoms with E-state index in [1.165, 1.54) is 0 Å². The molecule has 0 radical (unpaired) electrons. The second kappa shape index (κ2) is 1.74. The van der Waals surface area contributed by atoms with Gasteiger partial charge >= 0.3 is 0 Å². The first-order valence-corrected chi connectivity index (χ1v) is 3.61. The van der Waals surface area contributed by atoms with Gasteiger partial charge in [-0.2, -0.15) is 0 Å². The molecule has 0 aromatic carbocycles. The van der Waals surface area contributed by atoms with Crippen LogP contribution in [0.5, 0.6) is 0 Å². The van der Waals surface area contributed by atoms with Crippen LogP contribution in [0.25, 0.3) is 0 Å². The predicted octanol–water partition coefficient (Wildman–Crippen LogP) is 1.05. The topological polar surface area (TPSA) is 23.9 Å². The lowest BCUT2D eigenvalue weighted by atomic mass is 12.0. The van der Waals surface area contributed by atoms with Crippen molar-refractivity contribution in [2.45, 2.75) is 0 Å². The van der Waals surface area contributed by atoms with Crippen LogP contribution in [0.4, 0.5) is 0 Å². The third-order valence-electron chi connectivity index (χ3n) is 0. The smallest absolute Gasteiger partial charge is 0.150 e. The zero-order chi connectivity index (χ0) is 4.28. The van der Waals surface area contributed by atoms with E-state index in [0.29, 0.717) is 0 Å². The molecule has 0 saturated heterocycles. The van der Waals surface area contributed by atoms with Crippen molar-refractivity contribution in [3.63, 3.8) is 0 Å². The van der Waals surface area contributed by atoms with Crippen LogP contribution in [0.2, 0.25) is 1.41 Å². The normalized spacial score (nSPS) is 19.8. The Balaban J connectivity index is 3.62. The maximum Gasteiger partial charge on any atom is 0.150 e. The summed E-state index contributed by atoms with van der Waals surface area (Å²) in [5.41, 5.74) is 0. The van der Waals surface area contributed by atoms with Crippen molar-refractivity contribution >= 4 is 17.9 Å². The number of hydrogen-bond donors (Lipinski definition) is 1. The molecule has 1 nitrogen and oxygen atoms in total. The van der Waals surface area contributed by atoms with E-state index in [0.717, 1.165) is 0 Å². The van der Waals surface area contributed by atoms with Crippen LogP contribution in [0.3, 0.4) is 0 Å². The molecule has 0 aliphatic heterocycles. The molecule has 1 N–H and O–H groups in total. The average Bonchev–Trinajstić information content (AvgIpc) is 1.38. The van der Waals surface area contributed by atoms with Crippen LogP contribution in [-0.4, -0.2) is 6.26 Å². The van der Waals surface area contributed by atoms with Gasteiger partial charge in [0, 0.05) is 0 Å². The molecule has 0 saturated carbocycles. The van der Waals surface area contributed by atoms with Crippen molar-refractivity contribution < 1.29 is 1.41 Å². The summed E-state index contributed by atoms with van der Waals surface area (Å²) in [6.45, 7) is 0. The van der Waals surface area contributed by atoms with Gasteiger partial charge in [0.05, 0.1) is 0 Å². The highest BCUT2D eigenvalue weighted by molar-refractivity contribution is 8.07. The molecule has 3 heteroatoms. The van der Waals surface area contributed by atoms with E-state index in [1.807, 2.05) is 6.26 Å². The minimum atomic E-state index is -0.225. The Morgan fingerprint density at radius 1 is 2.50 bits per heavy atom. The molecule has 0 aliphatic rings. The Morgan fingerprint density at radius 2 is 2.75 bits per heavy atom. The lowest BCUT2D eigenvalue weighted by Gasteiger charge is -1.73. The Labute approximate surface area is 31.2 Å². The lowest BCUT2D eigenvalue weighted by molar-refractivity contribution is 1.65. The zero-order valence-corrected chi connectivity index (χ0v) is 4.17. The summed E-state index contributed by atoms with van der Waals surface area (Å²) in [7, 11) is 2.86. The van der Waals surface area contributed by atoms with Gasteiger partial charge in [-0.25, -0.2) is 0 Å². The summed E-state index contributed by atoms with van der Waals surface area (Å²) < 4.78 is 9.33. The molecule has 0 bridgehead atoms. The van der Waals surface area contributed by atoms with Gasteiger partial charge < -0.3 is 14.6 Å². The van der Waals surface area contributed by atoms with Crippen molar-refractivity contribution in [2.75, 3.05) is 6.26 Å². The summed E-state index contributed by atoms with van der Waals surface area (Å²) in [6.07, 6.45) is 1.81. The molecule has 0 rings (SSSR count). The second-order valence-corrected chi connectivity index (χ2v) is 3.21. The summed E-state index contributed by atoms with van der Waals surface area (Å²) in [5.74, 6) is 0. The summed E-state index contributed by atoms with van der Waals surface area (Å²) >= 11 is 0. The van der Waals surface area contributed by atoms with Crippen LogP contribution in [0, 0.1) is 4.77 Å². The fraction of sp³-hybridized carbons (Fsp3) is 1.00. The van der Waals surface area contributed by atoms with Gasteiger partial charge in [0.25, 0.3) is 0 Å². The minimum absolute atomic E-state index is 0.225. The Kier molecular flexibility index (Phi) is 1.16. The second-order valence-electron chi connectivity index (χ2n) is 0.478. The minimum Gasteiger partial charge on any atom is -0.447 e. The van der Waals surface area contributed by atoms with Gasteiger partial charge in [-0.1, -0.05) is 0 Å². The van der Waals surface area contributed by atoms with Crippen LogP contribution >= 0.6 is 8.02 Å². The summed E-state index contributed by atoms with van der Waals surface area (Å²) in [4.78, 5) is 0. The van der Waals surface area contributed by atoms with E-state index in [2.05, 4.69) is 12.8 Å². The number of hydrogen-bond acceptors (Lipinski definition) is 2. The fourth-order valence-electron chi connectivity index (χ4n) is 0. The van der Waals surface area contributed by atoms with Crippen LogP contribution in [0.1, 0.15) is 0 Å². The molecule has 0 aromatic rings. The van der Waals surface area contributed by atoms with Crippen molar-refractivity contribution in [3.05, 3.63) is 0 Å². The molecule has 0 unspecified atom stereocenters. The molecular weight excluding hydrogens is 89.1 g/mol. The first kappa shape index (κ1) is 2.67. The highest BCUT2D eigenvalue weighted by Crippen LogP contribution is 1.58. The molecule has 0 heterocycles. The van der Waals surface area contributed by atoms with Crippen molar-refractivity contribution in [1.82, 2.24) is 0 Å². The molecule has 26 valence electrons. The molecular formula is CH5NPS-. The maximum absolute atomic E-state index is 6.25. The standard InChI is InChI=1S/CH5NPS/c1-4(2)3/h2-3H,1H3/q-1/i/hD. The monoisotopic (exact) mass is 95.0 g/mol. The Morgan fingerprint density at radius 3 is 2.75 bits per heavy atom. The van der Waals surface area contributed by atoms with E-state index in [4.69, 9.17) is 1.41 Å². The van der Waals surface area contributed by atoms with Gasteiger partial charge in [0.2, 0.25) is 0 Å².